The van der Waals surface area contributed by atoms with Gasteiger partial charge in [0, 0.05) is 49.9 Å². The number of rotatable bonds is 7. The van der Waals surface area contributed by atoms with Gasteiger partial charge in [-0.05, 0) is 65.2 Å². The molecule has 210 valence electrons. The SMILES string of the molecule is O=C(Cc1ccc(N=S(=O)=O)cc1)Nc1ccc(-c2ccc3ncc(N4CCN(c5ccncc5)CC4)nc3c2)cc1. The number of piperazine rings is 1. The number of fused-ring (bicyclic) bond motifs is 1. The van der Waals surface area contributed by atoms with Crippen molar-refractivity contribution in [1.29, 1.82) is 0 Å². The van der Waals surface area contributed by atoms with Gasteiger partial charge in [0.05, 0.1) is 29.3 Å². The molecule has 1 aliphatic heterocycles. The van der Waals surface area contributed by atoms with Crippen molar-refractivity contribution in [1.82, 2.24) is 15.0 Å². The summed E-state index contributed by atoms with van der Waals surface area (Å²) in [6.07, 6.45) is 5.65. The first-order valence-electron chi connectivity index (χ1n) is 13.5. The number of anilines is 3. The number of hydrogen-bond donors (Lipinski definition) is 1. The van der Waals surface area contributed by atoms with Crippen molar-refractivity contribution >= 4 is 50.3 Å². The van der Waals surface area contributed by atoms with Crippen LogP contribution < -0.4 is 15.1 Å². The Bertz CT molecular complexity index is 1850. The second-order valence-corrected chi connectivity index (χ2v) is 10.5. The zero-order valence-electron chi connectivity index (χ0n) is 22.6. The van der Waals surface area contributed by atoms with Crippen molar-refractivity contribution in [2.45, 2.75) is 6.42 Å². The van der Waals surface area contributed by atoms with Crippen molar-refractivity contribution < 1.29 is 13.2 Å². The predicted molar refractivity (Wildman–Crippen MR) is 163 cm³/mol. The lowest BCUT2D eigenvalue weighted by Crippen LogP contribution is -2.46. The number of aromatic nitrogens is 3. The van der Waals surface area contributed by atoms with E-state index in [2.05, 4.69) is 29.4 Å². The Morgan fingerprint density at radius 1 is 0.810 bits per heavy atom. The summed E-state index contributed by atoms with van der Waals surface area (Å²) in [4.78, 5) is 30.9. The molecule has 1 aliphatic rings. The summed E-state index contributed by atoms with van der Waals surface area (Å²) in [7, 11) is -2.51. The number of pyridine rings is 1. The second-order valence-electron chi connectivity index (χ2n) is 9.89. The molecule has 2 aromatic heterocycles. The number of hydrogen-bond acceptors (Lipinski definition) is 9. The first kappa shape index (κ1) is 27.0. The lowest BCUT2D eigenvalue weighted by molar-refractivity contribution is -0.115. The van der Waals surface area contributed by atoms with Gasteiger partial charge in [0.15, 0.2) is 0 Å². The van der Waals surface area contributed by atoms with E-state index in [0.717, 1.165) is 59.7 Å². The standard InChI is InChI=1S/C31H27N7O3S/c39-31(19-22-1-6-26(7-2-22)36-42(40)41)34-25-8-3-23(4-9-25)24-5-10-28-29(20-24)35-30(21-33-28)38-17-15-37(16-18-38)27-11-13-32-14-12-27/h1-14,20-21H,15-19H2,(H,34,39). The first-order valence-corrected chi connectivity index (χ1v) is 14.5. The molecule has 0 unspecified atom stereocenters. The minimum absolute atomic E-state index is 0.160. The summed E-state index contributed by atoms with van der Waals surface area (Å²) < 4.78 is 24.8. The Kier molecular flexibility index (Phi) is 7.82. The average Bonchev–Trinajstić information content (AvgIpc) is 3.02. The highest BCUT2D eigenvalue weighted by molar-refractivity contribution is 7.61. The van der Waals surface area contributed by atoms with Crippen LogP contribution in [0.1, 0.15) is 5.56 Å². The molecule has 0 aliphatic carbocycles. The van der Waals surface area contributed by atoms with Gasteiger partial charge in [-0.15, -0.1) is 4.36 Å². The maximum absolute atomic E-state index is 12.5. The van der Waals surface area contributed by atoms with Gasteiger partial charge in [-0.2, -0.15) is 8.42 Å². The molecule has 1 amide bonds. The van der Waals surface area contributed by atoms with Gasteiger partial charge in [-0.25, -0.2) is 4.98 Å². The molecule has 0 atom stereocenters. The molecule has 1 saturated heterocycles. The van der Waals surface area contributed by atoms with E-state index in [4.69, 9.17) is 4.98 Å². The van der Waals surface area contributed by atoms with Crippen LogP contribution in [0.4, 0.5) is 22.9 Å². The van der Waals surface area contributed by atoms with E-state index in [-0.39, 0.29) is 12.3 Å². The molecule has 10 nitrogen and oxygen atoms in total. The highest BCUT2D eigenvalue weighted by Crippen LogP contribution is 2.26. The molecular formula is C31H27N7O3S. The van der Waals surface area contributed by atoms with Gasteiger partial charge in [0.25, 0.3) is 0 Å². The number of nitrogens with zero attached hydrogens (tertiary/aromatic N) is 6. The molecule has 5 aromatic rings. The predicted octanol–water partition coefficient (Wildman–Crippen LogP) is 4.89. The third kappa shape index (κ3) is 6.42. The van der Waals surface area contributed by atoms with Crippen LogP contribution in [0.15, 0.2) is 102 Å². The Labute approximate surface area is 244 Å². The van der Waals surface area contributed by atoms with E-state index in [9.17, 15) is 13.2 Å². The van der Waals surface area contributed by atoms with Crippen LogP contribution in [0, 0.1) is 0 Å². The molecule has 1 fully saturated rings. The van der Waals surface area contributed by atoms with Crippen LogP contribution in [0.3, 0.4) is 0 Å². The summed E-state index contributed by atoms with van der Waals surface area (Å²) in [6, 6.07) is 24.3. The van der Waals surface area contributed by atoms with Crippen LogP contribution in [0.2, 0.25) is 0 Å². The molecule has 6 rings (SSSR count). The van der Waals surface area contributed by atoms with Gasteiger partial charge < -0.3 is 15.1 Å². The summed E-state index contributed by atoms with van der Waals surface area (Å²) >= 11 is 0. The number of amides is 1. The molecule has 0 spiro atoms. The molecule has 11 heteroatoms. The molecule has 0 bridgehead atoms. The third-order valence-corrected chi connectivity index (χ3v) is 7.50. The highest BCUT2D eigenvalue weighted by atomic mass is 32.2. The molecule has 0 radical (unpaired) electrons. The van der Waals surface area contributed by atoms with Crippen molar-refractivity contribution in [2.24, 2.45) is 4.36 Å². The van der Waals surface area contributed by atoms with E-state index in [1.165, 1.54) is 5.69 Å². The van der Waals surface area contributed by atoms with Crippen molar-refractivity contribution in [3.8, 4) is 11.1 Å². The molecule has 42 heavy (non-hydrogen) atoms. The summed E-state index contributed by atoms with van der Waals surface area (Å²) in [5.41, 5.74) is 6.63. The van der Waals surface area contributed by atoms with Crippen LogP contribution >= 0.6 is 0 Å². The van der Waals surface area contributed by atoms with E-state index in [0.29, 0.717) is 11.4 Å². The largest absolute Gasteiger partial charge is 0.368 e. The number of benzene rings is 3. The van der Waals surface area contributed by atoms with Crippen LogP contribution in [0.5, 0.6) is 0 Å². The van der Waals surface area contributed by atoms with E-state index in [1.807, 2.05) is 73.2 Å². The Morgan fingerprint density at radius 2 is 1.50 bits per heavy atom. The fourth-order valence-corrected chi connectivity index (χ4v) is 5.27. The lowest BCUT2D eigenvalue weighted by atomic mass is 10.0. The number of nitrogens with one attached hydrogen (secondary N) is 1. The monoisotopic (exact) mass is 577 g/mol. The van der Waals surface area contributed by atoms with E-state index in [1.54, 1.807) is 24.3 Å². The Hall–Kier alpha value is -5.16. The van der Waals surface area contributed by atoms with Gasteiger partial charge in [0.1, 0.15) is 5.82 Å². The summed E-state index contributed by atoms with van der Waals surface area (Å²) in [6.45, 7) is 3.53. The van der Waals surface area contributed by atoms with Gasteiger partial charge >= 0.3 is 10.5 Å². The topological polar surface area (TPSA) is 121 Å². The molecule has 3 aromatic carbocycles. The lowest BCUT2D eigenvalue weighted by Gasteiger charge is -2.36. The minimum Gasteiger partial charge on any atom is -0.368 e. The number of carbonyl (C=O) groups excluding carboxylic acids is 1. The number of carbonyl (C=O) groups is 1. The second kappa shape index (κ2) is 12.1. The molecule has 3 heterocycles. The van der Waals surface area contributed by atoms with Crippen molar-refractivity contribution in [3.05, 3.63) is 103 Å². The quantitative estimate of drug-likeness (QED) is 0.290. The fraction of sp³-hybridized carbons (Fsp3) is 0.161. The highest BCUT2D eigenvalue weighted by Gasteiger charge is 2.19. The van der Waals surface area contributed by atoms with Gasteiger partial charge in [0.2, 0.25) is 5.91 Å². The third-order valence-electron chi connectivity index (χ3n) is 7.14. The van der Waals surface area contributed by atoms with Crippen LogP contribution in [0.25, 0.3) is 22.2 Å². The maximum Gasteiger partial charge on any atom is 0.316 e. The van der Waals surface area contributed by atoms with E-state index < -0.39 is 10.5 Å². The maximum atomic E-state index is 12.5. The van der Waals surface area contributed by atoms with Crippen molar-refractivity contribution in [3.63, 3.8) is 0 Å². The van der Waals surface area contributed by atoms with Crippen LogP contribution in [-0.2, 0) is 21.7 Å². The van der Waals surface area contributed by atoms with Gasteiger partial charge in [-0.3, -0.25) is 14.8 Å². The smallest absolute Gasteiger partial charge is 0.316 e. The van der Waals surface area contributed by atoms with Crippen LogP contribution in [-0.4, -0.2) is 55.5 Å². The van der Waals surface area contributed by atoms with Crippen molar-refractivity contribution in [2.75, 3.05) is 41.3 Å². The summed E-state index contributed by atoms with van der Waals surface area (Å²) in [5, 5.41) is 2.91. The average molecular weight is 578 g/mol. The van der Waals surface area contributed by atoms with E-state index >= 15 is 0 Å². The molecular weight excluding hydrogens is 550 g/mol. The van der Waals surface area contributed by atoms with Gasteiger partial charge in [-0.1, -0.05) is 30.3 Å². The normalized spacial score (nSPS) is 13.1. The minimum atomic E-state index is -2.51. The zero-order chi connectivity index (χ0) is 28.9. The summed E-state index contributed by atoms with van der Waals surface area (Å²) in [5.74, 6) is 0.700. The zero-order valence-corrected chi connectivity index (χ0v) is 23.4. The Balaban J connectivity index is 1.10. The fourth-order valence-electron chi connectivity index (χ4n) is 4.98. The Morgan fingerprint density at radius 3 is 2.21 bits per heavy atom. The molecule has 1 N–H and O–H groups in total. The first-order chi connectivity index (χ1) is 20.5. The molecule has 0 saturated carbocycles.